The number of ether oxygens (including phenoxy) is 1. The van der Waals surface area contributed by atoms with Crippen LogP contribution in [0.3, 0.4) is 0 Å². The molecule has 8 nitrogen and oxygen atoms in total. The Morgan fingerprint density at radius 1 is 1.00 bits per heavy atom. The van der Waals surface area contributed by atoms with Gasteiger partial charge < -0.3 is 4.74 Å². The number of halogens is 3. The predicted molar refractivity (Wildman–Crippen MR) is 126 cm³/mol. The van der Waals surface area contributed by atoms with Gasteiger partial charge in [0.25, 0.3) is 15.9 Å². The summed E-state index contributed by atoms with van der Waals surface area (Å²) >= 11 is 0. The molecule has 1 N–H and O–H groups in total. The molecule has 0 spiro atoms. The number of methoxy groups -OCH3 is 1. The summed E-state index contributed by atoms with van der Waals surface area (Å²) in [6.07, 6.45) is -3.46. The lowest BCUT2D eigenvalue weighted by molar-refractivity contribution is -0.137. The van der Waals surface area contributed by atoms with Crippen molar-refractivity contribution in [3.05, 3.63) is 95.6 Å². The van der Waals surface area contributed by atoms with Gasteiger partial charge in [0.05, 0.1) is 35.0 Å². The molecule has 3 rings (SSSR count). The van der Waals surface area contributed by atoms with Crippen molar-refractivity contribution in [1.82, 2.24) is 5.43 Å². The first-order valence-corrected chi connectivity index (χ1v) is 11.7. The topological polar surface area (TPSA) is 105 Å². The molecular formula is C24H20F3N3O5S. The highest BCUT2D eigenvalue weighted by Crippen LogP contribution is 2.33. The molecular weight excluding hydrogens is 499 g/mol. The highest BCUT2D eigenvalue weighted by molar-refractivity contribution is 7.92. The Labute approximate surface area is 205 Å². The summed E-state index contributed by atoms with van der Waals surface area (Å²) in [7, 11) is -3.15. The van der Waals surface area contributed by atoms with Crippen LogP contribution in [0, 0.1) is 0 Å². The van der Waals surface area contributed by atoms with Crippen LogP contribution in [0.5, 0.6) is 0 Å². The first-order chi connectivity index (χ1) is 17.0. The highest BCUT2D eigenvalue weighted by atomic mass is 32.2. The third-order valence-corrected chi connectivity index (χ3v) is 6.60. The monoisotopic (exact) mass is 519 g/mol. The van der Waals surface area contributed by atoms with Crippen molar-refractivity contribution in [1.29, 1.82) is 0 Å². The summed E-state index contributed by atoms with van der Waals surface area (Å²) in [5.41, 5.74) is 1.57. The third-order valence-electron chi connectivity index (χ3n) is 4.81. The summed E-state index contributed by atoms with van der Waals surface area (Å²) in [6, 6.07) is 16.7. The number of nitrogens with zero attached hydrogens (tertiary/aromatic N) is 2. The minimum absolute atomic E-state index is 0.204. The number of rotatable bonds is 8. The van der Waals surface area contributed by atoms with Crippen LogP contribution < -0.4 is 9.73 Å². The smallest absolute Gasteiger partial charge is 0.416 e. The average Bonchev–Trinajstić information content (AvgIpc) is 2.87. The van der Waals surface area contributed by atoms with Gasteiger partial charge in [0.1, 0.15) is 6.54 Å². The molecule has 36 heavy (non-hydrogen) atoms. The van der Waals surface area contributed by atoms with E-state index in [0.717, 1.165) is 18.2 Å². The molecule has 3 aromatic rings. The minimum Gasteiger partial charge on any atom is -0.465 e. The number of sulfonamides is 1. The molecule has 0 heterocycles. The van der Waals surface area contributed by atoms with Gasteiger partial charge in [-0.15, -0.1) is 0 Å². The van der Waals surface area contributed by atoms with E-state index in [1.165, 1.54) is 61.9 Å². The first kappa shape index (κ1) is 26.4. The minimum atomic E-state index is -4.71. The van der Waals surface area contributed by atoms with E-state index in [-0.39, 0.29) is 10.6 Å². The van der Waals surface area contributed by atoms with E-state index in [2.05, 4.69) is 15.3 Å². The fourth-order valence-corrected chi connectivity index (χ4v) is 4.47. The Morgan fingerprint density at radius 2 is 1.67 bits per heavy atom. The van der Waals surface area contributed by atoms with E-state index in [0.29, 0.717) is 21.5 Å². The molecule has 0 unspecified atom stereocenters. The van der Waals surface area contributed by atoms with Crippen LogP contribution >= 0.6 is 0 Å². The van der Waals surface area contributed by atoms with E-state index in [1.54, 1.807) is 6.07 Å². The molecule has 0 radical (unpaired) electrons. The van der Waals surface area contributed by atoms with Crippen molar-refractivity contribution in [2.75, 3.05) is 18.0 Å². The van der Waals surface area contributed by atoms with Crippen LogP contribution in [0.1, 0.15) is 21.5 Å². The third kappa shape index (κ3) is 6.48. The number of hydrogen-bond donors (Lipinski definition) is 1. The first-order valence-electron chi connectivity index (χ1n) is 10.3. The quantitative estimate of drug-likeness (QED) is 0.277. The maximum Gasteiger partial charge on any atom is 0.416 e. The number of alkyl halides is 3. The molecule has 1 amide bonds. The van der Waals surface area contributed by atoms with Crippen LogP contribution in [0.25, 0.3) is 0 Å². The standard InChI is InChI=1S/C24H20F3N3O5S/c1-35-23(32)18-12-10-17(11-13-18)15-28-29-22(31)16-30(36(33,34)21-8-3-2-4-9-21)20-7-5-6-19(14-20)24(25,26)27/h2-15H,16H2,1H3,(H,29,31)/b28-15-. The molecule has 0 aliphatic heterocycles. The Morgan fingerprint density at radius 3 is 2.28 bits per heavy atom. The van der Waals surface area contributed by atoms with Gasteiger partial charge in [-0.05, 0) is 48.0 Å². The molecule has 0 aliphatic carbocycles. The Balaban J connectivity index is 1.84. The van der Waals surface area contributed by atoms with Crippen molar-refractivity contribution >= 4 is 33.8 Å². The molecule has 3 aromatic carbocycles. The van der Waals surface area contributed by atoms with Crippen molar-refractivity contribution in [2.45, 2.75) is 11.1 Å². The molecule has 0 aromatic heterocycles. The zero-order valence-electron chi connectivity index (χ0n) is 18.8. The largest absolute Gasteiger partial charge is 0.465 e. The predicted octanol–water partition coefficient (Wildman–Crippen LogP) is 3.84. The number of carbonyl (C=O) groups is 2. The number of hydrazone groups is 1. The number of carbonyl (C=O) groups excluding carboxylic acids is 2. The van der Waals surface area contributed by atoms with Crippen LogP contribution in [0.2, 0.25) is 0 Å². The summed E-state index contributed by atoms with van der Waals surface area (Å²) in [4.78, 5) is 23.8. The zero-order chi connectivity index (χ0) is 26.3. The number of amides is 1. The van der Waals surface area contributed by atoms with Crippen molar-refractivity contribution in [2.24, 2.45) is 5.10 Å². The molecule has 0 fully saturated rings. The normalized spacial score (nSPS) is 11.8. The van der Waals surface area contributed by atoms with Gasteiger partial charge in [-0.1, -0.05) is 36.4 Å². The number of anilines is 1. The van der Waals surface area contributed by atoms with Gasteiger partial charge in [-0.3, -0.25) is 9.10 Å². The summed E-state index contributed by atoms with van der Waals surface area (Å²) in [6.45, 7) is -0.836. The van der Waals surface area contributed by atoms with Crippen LogP contribution in [-0.4, -0.2) is 40.2 Å². The average molecular weight is 520 g/mol. The molecule has 0 atom stereocenters. The van der Waals surface area contributed by atoms with Crippen molar-refractivity contribution in [3.63, 3.8) is 0 Å². The number of esters is 1. The van der Waals surface area contributed by atoms with Gasteiger partial charge in [-0.25, -0.2) is 18.6 Å². The lowest BCUT2D eigenvalue weighted by Gasteiger charge is -2.24. The molecule has 12 heteroatoms. The second kappa shape index (κ2) is 11.0. The van der Waals surface area contributed by atoms with E-state index in [1.807, 2.05) is 0 Å². The van der Waals surface area contributed by atoms with E-state index in [4.69, 9.17) is 0 Å². The molecule has 188 valence electrons. The van der Waals surface area contributed by atoms with Crippen LogP contribution in [-0.2, 0) is 25.7 Å². The highest BCUT2D eigenvalue weighted by Gasteiger charge is 2.33. The summed E-state index contributed by atoms with van der Waals surface area (Å²) in [5.74, 6) is -1.42. The van der Waals surface area contributed by atoms with E-state index >= 15 is 0 Å². The van der Waals surface area contributed by atoms with E-state index < -0.39 is 40.2 Å². The van der Waals surface area contributed by atoms with Gasteiger partial charge in [-0.2, -0.15) is 18.3 Å². The number of hydrogen-bond acceptors (Lipinski definition) is 6. The van der Waals surface area contributed by atoms with Gasteiger partial charge in [0, 0.05) is 0 Å². The summed E-state index contributed by atoms with van der Waals surface area (Å²) < 4.78 is 71.3. The zero-order valence-corrected chi connectivity index (χ0v) is 19.6. The molecule has 0 saturated carbocycles. The molecule has 0 saturated heterocycles. The lowest BCUT2D eigenvalue weighted by Crippen LogP contribution is -2.39. The number of benzene rings is 3. The van der Waals surface area contributed by atoms with Gasteiger partial charge in [0.15, 0.2) is 0 Å². The lowest BCUT2D eigenvalue weighted by atomic mass is 10.1. The Kier molecular flexibility index (Phi) is 8.10. The molecule has 0 bridgehead atoms. The maximum absolute atomic E-state index is 13.2. The Hall–Kier alpha value is -4.19. The Bertz CT molecular complexity index is 1360. The summed E-state index contributed by atoms with van der Waals surface area (Å²) in [5, 5.41) is 3.75. The van der Waals surface area contributed by atoms with Gasteiger partial charge >= 0.3 is 12.1 Å². The maximum atomic E-state index is 13.2. The van der Waals surface area contributed by atoms with Crippen molar-refractivity contribution < 1.29 is 35.9 Å². The second-order valence-electron chi connectivity index (χ2n) is 7.28. The van der Waals surface area contributed by atoms with Gasteiger partial charge in [0.2, 0.25) is 0 Å². The fourth-order valence-electron chi connectivity index (χ4n) is 3.04. The number of nitrogens with one attached hydrogen (secondary N) is 1. The van der Waals surface area contributed by atoms with Crippen molar-refractivity contribution in [3.8, 4) is 0 Å². The SMILES string of the molecule is COC(=O)c1ccc(/C=N\NC(=O)CN(c2cccc(C(F)(F)F)c2)S(=O)(=O)c2ccccc2)cc1. The fraction of sp³-hybridized carbons (Fsp3) is 0.125. The second-order valence-corrected chi connectivity index (χ2v) is 9.14. The van der Waals surface area contributed by atoms with E-state index in [9.17, 15) is 31.2 Å². The van der Waals surface area contributed by atoms with Crippen LogP contribution in [0.15, 0.2) is 88.9 Å². The van der Waals surface area contributed by atoms with Crippen LogP contribution in [0.4, 0.5) is 18.9 Å². The molecule has 0 aliphatic rings.